The minimum absolute atomic E-state index is 0.00565. The molecule has 348 valence electrons. The molecule has 2 saturated carbocycles. The number of anilines is 3. The van der Waals surface area contributed by atoms with E-state index in [1.54, 1.807) is 35.7 Å². The van der Waals surface area contributed by atoms with Crippen LogP contribution in [0.2, 0.25) is 5.02 Å². The molecule has 0 aliphatic heterocycles. The summed E-state index contributed by atoms with van der Waals surface area (Å²) in [5, 5.41) is 19.5. The fourth-order valence-corrected chi connectivity index (χ4v) is 7.89. The number of ether oxygens (including phenoxy) is 2. The Balaban J connectivity index is 0.000000184. The Bertz CT molecular complexity index is 2420. The maximum atomic E-state index is 13.5. The number of nitrogens with two attached hydrogens (primary N) is 1. The van der Waals surface area contributed by atoms with Crippen molar-refractivity contribution in [3.05, 3.63) is 124 Å². The monoisotopic (exact) mass is 918 g/mol. The Morgan fingerprint density at radius 1 is 0.631 bits per heavy atom. The van der Waals surface area contributed by atoms with Crippen molar-refractivity contribution in [3.63, 3.8) is 0 Å². The highest BCUT2D eigenvalue weighted by Gasteiger charge is 2.36. The van der Waals surface area contributed by atoms with Crippen molar-refractivity contribution >= 4 is 28.9 Å². The Hall–Kier alpha value is -5.87. The van der Waals surface area contributed by atoms with Crippen LogP contribution in [0.4, 0.5) is 34.9 Å². The van der Waals surface area contributed by atoms with Crippen LogP contribution in [0.3, 0.4) is 0 Å². The molecule has 65 heavy (non-hydrogen) atoms. The molecule has 0 amide bonds. The predicted molar refractivity (Wildman–Crippen MR) is 250 cm³/mol. The van der Waals surface area contributed by atoms with Gasteiger partial charge < -0.3 is 31.2 Å². The van der Waals surface area contributed by atoms with E-state index in [4.69, 9.17) is 31.8 Å². The van der Waals surface area contributed by atoms with Gasteiger partial charge in [-0.3, -0.25) is 0 Å². The molecule has 2 aliphatic rings. The summed E-state index contributed by atoms with van der Waals surface area (Å²) in [6.07, 6.45) is 1.34. The van der Waals surface area contributed by atoms with Gasteiger partial charge in [0.1, 0.15) is 23.1 Å². The zero-order valence-electron chi connectivity index (χ0n) is 37.8. The van der Waals surface area contributed by atoms with Gasteiger partial charge in [0.25, 0.3) is 0 Å². The van der Waals surface area contributed by atoms with E-state index in [0.29, 0.717) is 67.1 Å². The lowest BCUT2D eigenvalue weighted by atomic mass is 9.92. The molecule has 0 radical (unpaired) electrons. The van der Waals surface area contributed by atoms with E-state index in [9.17, 15) is 17.6 Å². The number of hydrogen-bond acceptors (Lipinski definition) is 10. The van der Waals surface area contributed by atoms with Gasteiger partial charge in [-0.15, -0.1) is 0 Å². The minimum Gasteiger partial charge on any atom is -0.497 e. The summed E-state index contributed by atoms with van der Waals surface area (Å²) in [5.41, 5.74) is 12.3. The smallest absolute Gasteiger partial charge is 0.248 e. The molecule has 12 nitrogen and oxygen atoms in total. The highest BCUT2D eigenvalue weighted by molar-refractivity contribution is 6.31. The second kappa shape index (κ2) is 21.9. The van der Waals surface area contributed by atoms with E-state index < -0.39 is 11.8 Å². The number of benzene rings is 2. The number of hydrogen-bond donors (Lipinski definition) is 4. The second-order valence-electron chi connectivity index (χ2n) is 16.6. The molecule has 5 N–H and O–H groups in total. The number of aryl methyl sites for hydroxylation is 4. The van der Waals surface area contributed by atoms with Gasteiger partial charge in [-0.05, 0) is 107 Å². The van der Waals surface area contributed by atoms with E-state index in [2.05, 4.69) is 31.1 Å². The maximum Gasteiger partial charge on any atom is 0.248 e. The molecular weight excluding hydrogens is 860 g/mol. The molecule has 6 aromatic rings. The van der Waals surface area contributed by atoms with Crippen LogP contribution in [-0.4, -0.2) is 67.7 Å². The molecule has 0 spiro atoms. The Morgan fingerprint density at radius 2 is 1.06 bits per heavy atom. The average Bonchev–Trinajstić information content (AvgIpc) is 3.82. The van der Waals surface area contributed by atoms with Gasteiger partial charge in [-0.1, -0.05) is 35.9 Å². The minimum atomic E-state index is -2.55. The van der Waals surface area contributed by atoms with Gasteiger partial charge in [0, 0.05) is 91.2 Å². The number of nitrogens with zero attached hydrogens (tertiary/aromatic N) is 6. The fourth-order valence-electron chi connectivity index (χ4n) is 7.68. The van der Waals surface area contributed by atoms with Crippen LogP contribution >= 0.6 is 11.6 Å². The summed E-state index contributed by atoms with van der Waals surface area (Å²) in [4.78, 5) is 9.26. The van der Waals surface area contributed by atoms with Crippen LogP contribution < -0.4 is 31.2 Å². The summed E-state index contributed by atoms with van der Waals surface area (Å²) in [5.74, 6) is -0.855. The first-order chi connectivity index (χ1) is 31.0. The summed E-state index contributed by atoms with van der Waals surface area (Å²) in [7, 11) is 3.30. The van der Waals surface area contributed by atoms with Crippen LogP contribution in [0.25, 0.3) is 11.6 Å². The quantitative estimate of drug-likeness (QED) is 0.0877. The second-order valence-corrected chi connectivity index (χ2v) is 17.0. The van der Waals surface area contributed by atoms with Crippen molar-refractivity contribution in [2.24, 2.45) is 5.73 Å². The molecule has 2 fully saturated rings. The Kier molecular flexibility index (Phi) is 16.4. The molecule has 4 aromatic heterocycles. The molecule has 2 aromatic carbocycles. The average molecular weight is 920 g/mol. The highest BCUT2D eigenvalue weighted by atomic mass is 35.5. The topological polar surface area (TPSA) is 142 Å². The SMILES string of the molecule is COc1ccc(CN)cc1.COc1ccc(CNc2cc(NC3CCC(F)(F)CC3)nc(-n3nc(C)cc3C)c2)cc1.Cc1cc(C)n(-c2cc(Cl)cc(NC3CCC(F)(F)CC3)n2)n1. The summed E-state index contributed by atoms with van der Waals surface area (Å²) >= 11 is 6.18. The number of aromatic nitrogens is 6. The first-order valence-electron chi connectivity index (χ1n) is 21.8. The van der Waals surface area contributed by atoms with Gasteiger partial charge in [-0.25, -0.2) is 36.9 Å². The summed E-state index contributed by atoms with van der Waals surface area (Å²) in [6.45, 7) is 8.99. The van der Waals surface area contributed by atoms with Crippen LogP contribution in [0, 0.1) is 27.7 Å². The molecular formula is C48H59ClF4N10O2. The molecule has 8 rings (SSSR count). The zero-order chi connectivity index (χ0) is 46.7. The molecule has 0 atom stereocenters. The Morgan fingerprint density at radius 3 is 1.48 bits per heavy atom. The van der Waals surface area contributed by atoms with Crippen molar-refractivity contribution in [1.29, 1.82) is 0 Å². The first kappa shape index (κ1) is 48.6. The van der Waals surface area contributed by atoms with E-state index in [1.807, 2.05) is 100 Å². The summed E-state index contributed by atoms with van der Waals surface area (Å²) in [6, 6.07) is 26.8. The fraction of sp³-hybridized carbons (Fsp3) is 0.417. The lowest BCUT2D eigenvalue weighted by Gasteiger charge is -2.29. The largest absolute Gasteiger partial charge is 0.497 e. The number of alkyl halides is 4. The number of rotatable bonds is 12. The van der Waals surface area contributed by atoms with Crippen molar-refractivity contribution in [3.8, 4) is 23.1 Å². The third kappa shape index (κ3) is 14.3. The maximum absolute atomic E-state index is 13.5. The van der Waals surface area contributed by atoms with E-state index >= 15 is 0 Å². The Labute approximate surface area is 383 Å². The molecule has 17 heteroatoms. The van der Waals surface area contributed by atoms with Crippen molar-refractivity contribution < 1.29 is 27.0 Å². The van der Waals surface area contributed by atoms with Crippen molar-refractivity contribution in [2.75, 3.05) is 30.2 Å². The van der Waals surface area contributed by atoms with Crippen LogP contribution in [0.1, 0.15) is 85.3 Å². The molecule has 0 unspecified atom stereocenters. The van der Waals surface area contributed by atoms with E-state index in [1.165, 1.54) is 0 Å². The van der Waals surface area contributed by atoms with Crippen molar-refractivity contribution in [1.82, 2.24) is 29.5 Å². The van der Waals surface area contributed by atoms with Gasteiger partial charge >= 0.3 is 0 Å². The van der Waals surface area contributed by atoms with Crippen LogP contribution in [0.15, 0.2) is 84.9 Å². The predicted octanol–water partition coefficient (Wildman–Crippen LogP) is 11.2. The van der Waals surface area contributed by atoms with Gasteiger partial charge in [0.05, 0.1) is 25.6 Å². The van der Waals surface area contributed by atoms with Crippen LogP contribution in [0.5, 0.6) is 11.5 Å². The molecule has 2 aliphatic carbocycles. The lowest BCUT2D eigenvalue weighted by Crippen LogP contribution is -2.32. The number of methoxy groups -OCH3 is 2. The first-order valence-corrected chi connectivity index (χ1v) is 22.1. The third-order valence-electron chi connectivity index (χ3n) is 11.2. The van der Waals surface area contributed by atoms with Gasteiger partial charge in [0.2, 0.25) is 11.8 Å². The van der Waals surface area contributed by atoms with Gasteiger partial charge in [0.15, 0.2) is 11.6 Å². The van der Waals surface area contributed by atoms with Crippen LogP contribution in [-0.2, 0) is 13.1 Å². The lowest BCUT2D eigenvalue weighted by molar-refractivity contribution is -0.0366. The summed E-state index contributed by atoms with van der Waals surface area (Å²) < 4.78 is 67.3. The highest BCUT2D eigenvalue weighted by Crippen LogP contribution is 2.36. The normalized spacial score (nSPS) is 15.8. The van der Waals surface area contributed by atoms with E-state index in [0.717, 1.165) is 51.1 Å². The molecule has 0 saturated heterocycles. The van der Waals surface area contributed by atoms with Crippen molar-refractivity contribution in [2.45, 2.75) is 116 Å². The third-order valence-corrected chi connectivity index (χ3v) is 11.4. The number of pyridine rings is 2. The number of nitrogens with one attached hydrogen (secondary N) is 3. The number of halogens is 5. The molecule has 0 bridgehead atoms. The standard InChI is InChI=1S/C24H29F2N5O.C16H19ClF2N4.C8H11NO/c1-16-12-17(2)31(30-16)23-14-20(27-15-18-4-6-21(32-3)7-5-18)13-22(29-23)28-19-8-10-24(25,26)11-9-19;1-10-7-11(2)23(22-10)15-9-12(17)8-14(21-15)20-13-3-5-16(18,19)6-4-13;1-10-8-4-2-7(6-9)3-5-8/h4-7,12-14,19H,8-11,15H2,1-3H3,(H2,27,28,29);7-9,13H,3-6H2,1-2H3,(H,20,21);2-5H,6,9H2,1H3. The van der Waals surface area contributed by atoms with Gasteiger partial charge in [-0.2, -0.15) is 10.2 Å². The zero-order valence-corrected chi connectivity index (χ0v) is 38.5. The van der Waals surface area contributed by atoms with E-state index in [-0.39, 0.29) is 37.8 Å². The molecule has 4 heterocycles.